The molecule has 1 atom stereocenters. The molecule has 0 amide bonds. The molecule has 21 heavy (non-hydrogen) atoms. The smallest absolute Gasteiger partial charge is 0.320 e. The Morgan fingerprint density at radius 3 is 2.81 bits per heavy atom. The number of carbonyl (C=O) groups is 1. The lowest BCUT2D eigenvalue weighted by Crippen LogP contribution is -2.38. The minimum atomic E-state index is -1.00. The standard InChI is InChI=1S/C13H17FN2O5/c1-2-6-15-11(13(17)18)5-7-21-12-4-3-9(16(19)20)8-10(12)14/h3-4,8,11,15H,2,5-7H2,1H3,(H,17,18). The summed E-state index contributed by atoms with van der Waals surface area (Å²) in [5, 5.41) is 22.3. The molecule has 0 spiro atoms. The number of carboxylic acids is 1. The van der Waals surface area contributed by atoms with Crippen molar-refractivity contribution in [2.24, 2.45) is 0 Å². The van der Waals surface area contributed by atoms with Crippen LogP contribution in [-0.2, 0) is 4.79 Å². The molecular formula is C13H17FN2O5. The number of aliphatic carboxylic acids is 1. The summed E-state index contributed by atoms with van der Waals surface area (Å²) in [5.41, 5.74) is -0.368. The summed E-state index contributed by atoms with van der Waals surface area (Å²) in [7, 11) is 0. The van der Waals surface area contributed by atoms with Crippen molar-refractivity contribution < 1.29 is 24.0 Å². The van der Waals surface area contributed by atoms with Gasteiger partial charge in [-0.2, -0.15) is 0 Å². The number of halogens is 1. The molecule has 1 aromatic rings. The van der Waals surface area contributed by atoms with E-state index < -0.39 is 22.8 Å². The maximum atomic E-state index is 13.5. The third-order valence-electron chi connectivity index (χ3n) is 2.73. The molecule has 1 unspecified atom stereocenters. The minimum Gasteiger partial charge on any atom is -0.490 e. The van der Waals surface area contributed by atoms with Crippen LogP contribution in [0.2, 0.25) is 0 Å². The third kappa shape index (κ3) is 5.35. The monoisotopic (exact) mass is 300 g/mol. The van der Waals surface area contributed by atoms with E-state index in [1.54, 1.807) is 0 Å². The van der Waals surface area contributed by atoms with Gasteiger partial charge >= 0.3 is 5.97 Å². The summed E-state index contributed by atoms with van der Waals surface area (Å²) in [6, 6.07) is 2.27. The minimum absolute atomic E-state index is 0.0115. The van der Waals surface area contributed by atoms with Crippen LogP contribution in [0.5, 0.6) is 5.75 Å². The Morgan fingerprint density at radius 1 is 1.57 bits per heavy atom. The van der Waals surface area contributed by atoms with Crippen LogP contribution in [0.15, 0.2) is 18.2 Å². The fraction of sp³-hybridized carbons (Fsp3) is 0.462. The zero-order valence-corrected chi connectivity index (χ0v) is 11.5. The number of non-ortho nitro benzene ring substituents is 1. The average Bonchev–Trinajstić information content (AvgIpc) is 2.43. The van der Waals surface area contributed by atoms with Crippen molar-refractivity contribution in [2.75, 3.05) is 13.2 Å². The fourth-order valence-corrected chi connectivity index (χ4v) is 1.64. The second-order valence-corrected chi connectivity index (χ2v) is 4.35. The molecule has 0 saturated carbocycles. The lowest BCUT2D eigenvalue weighted by Gasteiger charge is -2.14. The number of hydrogen-bond donors (Lipinski definition) is 2. The van der Waals surface area contributed by atoms with E-state index in [0.29, 0.717) is 6.54 Å². The molecule has 0 radical (unpaired) electrons. The SMILES string of the molecule is CCCNC(CCOc1ccc([N+](=O)[O-])cc1F)C(=O)O. The fourth-order valence-electron chi connectivity index (χ4n) is 1.64. The number of hydrogen-bond acceptors (Lipinski definition) is 5. The first-order valence-corrected chi connectivity index (χ1v) is 6.48. The van der Waals surface area contributed by atoms with Crippen LogP contribution in [0, 0.1) is 15.9 Å². The van der Waals surface area contributed by atoms with Crippen LogP contribution in [0.4, 0.5) is 10.1 Å². The lowest BCUT2D eigenvalue weighted by molar-refractivity contribution is -0.385. The van der Waals surface area contributed by atoms with Crippen LogP contribution in [-0.4, -0.2) is 35.2 Å². The molecule has 2 N–H and O–H groups in total. The van der Waals surface area contributed by atoms with Crippen molar-refractivity contribution in [3.8, 4) is 5.75 Å². The van der Waals surface area contributed by atoms with E-state index in [2.05, 4.69) is 5.32 Å². The van der Waals surface area contributed by atoms with Crippen LogP contribution in [0.25, 0.3) is 0 Å². The number of ether oxygens (including phenoxy) is 1. The highest BCUT2D eigenvalue weighted by Gasteiger charge is 2.17. The normalized spacial score (nSPS) is 11.9. The topological polar surface area (TPSA) is 102 Å². The number of nitro benzene ring substituents is 1. The lowest BCUT2D eigenvalue weighted by atomic mass is 10.2. The molecule has 7 nitrogen and oxygen atoms in total. The summed E-state index contributed by atoms with van der Waals surface area (Å²) in [5.74, 6) is -1.99. The van der Waals surface area contributed by atoms with Gasteiger partial charge in [-0.15, -0.1) is 0 Å². The molecular weight excluding hydrogens is 283 g/mol. The Morgan fingerprint density at radius 2 is 2.29 bits per heavy atom. The Kier molecular flexibility index (Phi) is 6.54. The van der Waals surface area contributed by atoms with Crippen molar-refractivity contribution in [1.29, 1.82) is 0 Å². The Bertz CT molecular complexity index is 509. The maximum absolute atomic E-state index is 13.5. The highest BCUT2D eigenvalue weighted by atomic mass is 19.1. The third-order valence-corrected chi connectivity index (χ3v) is 2.73. The predicted octanol–water partition coefficient (Wildman–Crippen LogP) is 1.96. The van der Waals surface area contributed by atoms with Gasteiger partial charge in [-0.05, 0) is 19.0 Å². The Labute approximate surface area is 120 Å². The molecule has 0 bridgehead atoms. The van der Waals surface area contributed by atoms with E-state index in [9.17, 15) is 19.3 Å². The van der Waals surface area contributed by atoms with Gasteiger partial charge in [0.05, 0.1) is 17.6 Å². The van der Waals surface area contributed by atoms with Gasteiger partial charge in [-0.25, -0.2) is 4.39 Å². The first kappa shape index (κ1) is 16.8. The predicted molar refractivity (Wildman–Crippen MR) is 72.9 cm³/mol. The first-order chi connectivity index (χ1) is 9.95. The van der Waals surface area contributed by atoms with Gasteiger partial charge in [-0.1, -0.05) is 6.92 Å². The number of nitro groups is 1. The summed E-state index contributed by atoms with van der Waals surface area (Å²) >= 11 is 0. The molecule has 116 valence electrons. The van der Waals surface area contributed by atoms with Crippen molar-refractivity contribution in [2.45, 2.75) is 25.8 Å². The van der Waals surface area contributed by atoms with Gasteiger partial charge in [0.15, 0.2) is 11.6 Å². The van der Waals surface area contributed by atoms with Crippen molar-refractivity contribution >= 4 is 11.7 Å². The molecule has 0 aliphatic heterocycles. The van der Waals surface area contributed by atoms with Crippen molar-refractivity contribution in [3.63, 3.8) is 0 Å². The van der Waals surface area contributed by atoms with E-state index in [4.69, 9.17) is 9.84 Å². The zero-order valence-electron chi connectivity index (χ0n) is 11.5. The quantitative estimate of drug-likeness (QED) is 0.534. The molecule has 0 aliphatic carbocycles. The molecule has 0 aromatic heterocycles. The molecule has 8 heteroatoms. The highest BCUT2D eigenvalue weighted by Crippen LogP contribution is 2.22. The molecule has 1 rings (SSSR count). The largest absolute Gasteiger partial charge is 0.490 e. The van der Waals surface area contributed by atoms with Crippen molar-refractivity contribution in [3.05, 3.63) is 34.1 Å². The molecule has 0 fully saturated rings. The van der Waals surface area contributed by atoms with Crippen LogP contribution < -0.4 is 10.1 Å². The average molecular weight is 300 g/mol. The zero-order chi connectivity index (χ0) is 15.8. The highest BCUT2D eigenvalue weighted by molar-refractivity contribution is 5.73. The van der Waals surface area contributed by atoms with Gasteiger partial charge in [0.2, 0.25) is 0 Å². The van der Waals surface area contributed by atoms with E-state index in [1.807, 2.05) is 6.92 Å². The second-order valence-electron chi connectivity index (χ2n) is 4.35. The second kappa shape index (κ2) is 8.15. The molecule has 0 saturated heterocycles. The van der Waals surface area contributed by atoms with Crippen LogP contribution in [0.1, 0.15) is 19.8 Å². The van der Waals surface area contributed by atoms with Gasteiger partial charge < -0.3 is 15.2 Å². The first-order valence-electron chi connectivity index (χ1n) is 6.48. The summed E-state index contributed by atoms with van der Waals surface area (Å²) in [4.78, 5) is 20.7. The Hall–Kier alpha value is -2.22. The van der Waals surface area contributed by atoms with E-state index in [1.165, 1.54) is 0 Å². The Balaban J connectivity index is 2.54. The summed E-state index contributed by atoms with van der Waals surface area (Å²) in [6.07, 6.45) is 0.952. The molecule has 0 aliphatic rings. The van der Waals surface area contributed by atoms with E-state index in [-0.39, 0.29) is 24.5 Å². The number of nitrogens with zero attached hydrogens (tertiary/aromatic N) is 1. The van der Waals surface area contributed by atoms with Gasteiger partial charge in [-0.3, -0.25) is 14.9 Å². The van der Waals surface area contributed by atoms with E-state index >= 15 is 0 Å². The number of carboxylic acid groups (broad SMARTS) is 1. The van der Waals surface area contributed by atoms with Gasteiger partial charge in [0.25, 0.3) is 5.69 Å². The van der Waals surface area contributed by atoms with Crippen LogP contribution in [0.3, 0.4) is 0 Å². The van der Waals surface area contributed by atoms with Crippen LogP contribution >= 0.6 is 0 Å². The molecule has 1 aromatic carbocycles. The van der Waals surface area contributed by atoms with Gasteiger partial charge in [0.1, 0.15) is 6.04 Å². The maximum Gasteiger partial charge on any atom is 0.320 e. The summed E-state index contributed by atoms with van der Waals surface area (Å²) in [6.45, 7) is 2.46. The van der Waals surface area contributed by atoms with Crippen molar-refractivity contribution in [1.82, 2.24) is 5.32 Å². The number of rotatable bonds is 9. The van der Waals surface area contributed by atoms with Gasteiger partial charge in [0, 0.05) is 12.5 Å². The molecule has 0 heterocycles. The van der Waals surface area contributed by atoms with E-state index in [0.717, 1.165) is 24.6 Å². The number of benzene rings is 1. The number of nitrogens with one attached hydrogen (secondary N) is 1. The summed E-state index contributed by atoms with van der Waals surface area (Å²) < 4.78 is 18.7.